The van der Waals surface area contributed by atoms with Gasteiger partial charge in [0, 0.05) is 23.2 Å². The van der Waals surface area contributed by atoms with Gasteiger partial charge in [0.15, 0.2) is 5.11 Å². The van der Waals surface area contributed by atoms with Crippen LogP contribution in [0.25, 0.3) is 11.0 Å². The number of thiocarbonyl (C=S) groups is 1. The molecule has 0 fully saturated rings. The Kier molecular flexibility index (Phi) is 7.43. The molecule has 34 heavy (non-hydrogen) atoms. The van der Waals surface area contributed by atoms with Crippen molar-refractivity contribution in [1.29, 1.82) is 0 Å². The molecule has 0 bridgehead atoms. The summed E-state index contributed by atoms with van der Waals surface area (Å²) in [5.41, 5.74) is 2.16. The summed E-state index contributed by atoms with van der Waals surface area (Å²) in [6.07, 6.45) is 6.10. The van der Waals surface area contributed by atoms with E-state index in [2.05, 4.69) is 21.1 Å². The van der Waals surface area contributed by atoms with Crippen LogP contribution in [-0.4, -0.2) is 56.4 Å². The van der Waals surface area contributed by atoms with E-state index in [1.165, 1.54) is 12.2 Å². The molecule has 1 heterocycles. The monoisotopic (exact) mass is 525 g/mol. The number of carbonyl (C=O) groups excluding carboxylic acids is 1. The van der Waals surface area contributed by atoms with Gasteiger partial charge >= 0.3 is 0 Å². The molecule has 3 rings (SSSR count). The molecule has 2 aromatic rings. The molecule has 1 aliphatic carbocycles. The Morgan fingerprint density at radius 2 is 1.82 bits per heavy atom. The maximum atomic E-state index is 12.2. The van der Waals surface area contributed by atoms with Gasteiger partial charge in [0.25, 0.3) is 20.0 Å². The third-order valence-corrected chi connectivity index (χ3v) is 7.52. The van der Waals surface area contributed by atoms with Gasteiger partial charge in [0.2, 0.25) is 5.91 Å². The number of aryl methyl sites for hydroxylation is 1. The van der Waals surface area contributed by atoms with E-state index in [1.807, 2.05) is 31.2 Å². The van der Waals surface area contributed by atoms with Crippen LogP contribution in [0.5, 0.6) is 0 Å². The lowest BCUT2D eigenvalue weighted by molar-refractivity contribution is -0.119. The molecule has 0 atom stereocenters. The van der Waals surface area contributed by atoms with Crippen molar-refractivity contribution in [2.24, 2.45) is 5.10 Å². The van der Waals surface area contributed by atoms with Gasteiger partial charge in [-0.3, -0.25) is 4.79 Å². The summed E-state index contributed by atoms with van der Waals surface area (Å²) in [6.45, 7) is 1.77. The number of rotatable bonds is 7. The van der Waals surface area contributed by atoms with Gasteiger partial charge in [-0.2, -0.15) is 5.10 Å². The summed E-state index contributed by atoms with van der Waals surface area (Å²) < 4.78 is 52.3. The standard InChI is InChI=1S/C20H23N5O6S3/c1-13-10-14-11-17(8-9-18(14)31-13)23-20(32)21-12-19(26)22-15-4-6-16(7-5-15)24-25(33(2,27)28)34(3,29)30/h4-6,8-11H,7,12H2,1-3H3,(H,22,26)(H2,21,23,32). The Morgan fingerprint density at radius 3 is 2.44 bits per heavy atom. The highest BCUT2D eigenvalue weighted by Gasteiger charge is 2.25. The van der Waals surface area contributed by atoms with Crippen LogP contribution in [0.3, 0.4) is 0 Å². The molecule has 1 aromatic heterocycles. The molecule has 1 aliphatic rings. The second kappa shape index (κ2) is 9.95. The Hall–Kier alpha value is -3.23. The second-order valence-corrected chi connectivity index (χ2v) is 11.7. The van der Waals surface area contributed by atoms with E-state index in [9.17, 15) is 21.6 Å². The SMILES string of the molecule is Cc1cc2cc(NC(=S)NCC(=O)NC3=CCC(=NN(S(C)(=O)=O)S(C)(=O)=O)C=C3)ccc2o1. The van der Waals surface area contributed by atoms with Crippen LogP contribution in [0.4, 0.5) is 5.69 Å². The largest absolute Gasteiger partial charge is 0.461 e. The second-order valence-electron chi connectivity index (χ2n) is 7.46. The van der Waals surface area contributed by atoms with E-state index in [1.54, 1.807) is 6.08 Å². The fourth-order valence-electron chi connectivity index (χ4n) is 3.00. The minimum atomic E-state index is -4.10. The van der Waals surface area contributed by atoms with Crippen molar-refractivity contribution in [1.82, 2.24) is 14.5 Å². The van der Waals surface area contributed by atoms with Crippen LogP contribution in [0, 0.1) is 6.92 Å². The quantitative estimate of drug-likeness (QED) is 0.361. The van der Waals surface area contributed by atoms with E-state index < -0.39 is 20.0 Å². The molecule has 0 unspecified atom stereocenters. The van der Waals surface area contributed by atoms with Crippen molar-refractivity contribution >= 4 is 65.7 Å². The minimum absolute atomic E-state index is 0.0699. The van der Waals surface area contributed by atoms with E-state index in [-0.39, 0.29) is 33.5 Å². The third kappa shape index (κ3) is 6.88. The number of anilines is 1. The van der Waals surface area contributed by atoms with Crippen molar-refractivity contribution in [3.8, 4) is 0 Å². The molecular weight excluding hydrogens is 502 g/mol. The molecule has 0 saturated heterocycles. The Labute approximate surface area is 202 Å². The predicted molar refractivity (Wildman–Crippen MR) is 134 cm³/mol. The summed E-state index contributed by atoms with van der Waals surface area (Å²) in [5, 5.41) is 13.4. The van der Waals surface area contributed by atoms with Crippen LogP contribution in [0.1, 0.15) is 12.2 Å². The molecule has 11 nitrogen and oxygen atoms in total. The van der Waals surface area contributed by atoms with Gasteiger partial charge in [0.1, 0.15) is 11.3 Å². The first kappa shape index (κ1) is 25.4. The molecule has 0 radical (unpaired) electrons. The van der Waals surface area contributed by atoms with Crippen molar-refractivity contribution < 1.29 is 26.0 Å². The number of nitrogens with one attached hydrogen (secondary N) is 3. The zero-order valence-electron chi connectivity index (χ0n) is 18.5. The molecule has 0 spiro atoms. The molecule has 1 aromatic carbocycles. The van der Waals surface area contributed by atoms with Crippen molar-refractivity contribution in [3.63, 3.8) is 0 Å². The van der Waals surface area contributed by atoms with Crippen LogP contribution in [-0.2, 0) is 24.8 Å². The fraction of sp³-hybridized carbons (Fsp3) is 0.250. The average Bonchev–Trinajstić information content (AvgIpc) is 3.09. The number of amides is 1. The zero-order chi connectivity index (χ0) is 25.1. The van der Waals surface area contributed by atoms with Gasteiger partial charge in [-0.05, 0) is 55.6 Å². The zero-order valence-corrected chi connectivity index (χ0v) is 21.0. The van der Waals surface area contributed by atoms with E-state index in [0.717, 1.165) is 34.9 Å². The number of hydrogen-bond acceptors (Lipinski definition) is 8. The minimum Gasteiger partial charge on any atom is -0.461 e. The van der Waals surface area contributed by atoms with Gasteiger partial charge < -0.3 is 20.4 Å². The fourth-order valence-corrected chi connectivity index (χ4v) is 5.66. The topological polar surface area (TPSA) is 150 Å². The average molecular weight is 526 g/mol. The predicted octanol–water partition coefficient (Wildman–Crippen LogP) is 1.56. The van der Waals surface area contributed by atoms with Crippen LogP contribution >= 0.6 is 12.2 Å². The summed E-state index contributed by atoms with van der Waals surface area (Å²) in [5.74, 6) is 0.437. The summed E-state index contributed by atoms with van der Waals surface area (Å²) >= 11 is 5.23. The van der Waals surface area contributed by atoms with E-state index >= 15 is 0 Å². The summed E-state index contributed by atoms with van der Waals surface area (Å²) in [7, 11) is -8.20. The van der Waals surface area contributed by atoms with Gasteiger partial charge in [-0.1, -0.05) is 9.90 Å². The summed E-state index contributed by atoms with van der Waals surface area (Å²) in [4.78, 5) is 12.2. The van der Waals surface area contributed by atoms with Crippen molar-refractivity contribution in [2.75, 3.05) is 24.4 Å². The lowest BCUT2D eigenvalue weighted by atomic mass is 10.1. The van der Waals surface area contributed by atoms with Crippen LogP contribution in [0.15, 0.2) is 57.7 Å². The maximum absolute atomic E-state index is 12.2. The molecule has 0 aliphatic heterocycles. The highest BCUT2D eigenvalue weighted by Crippen LogP contribution is 2.22. The van der Waals surface area contributed by atoms with Crippen LogP contribution < -0.4 is 16.0 Å². The first-order chi connectivity index (χ1) is 15.8. The number of allylic oxidation sites excluding steroid dienone is 3. The first-order valence-corrected chi connectivity index (χ1v) is 13.9. The smallest absolute Gasteiger partial charge is 0.260 e. The van der Waals surface area contributed by atoms with Gasteiger partial charge in [-0.15, -0.1) is 0 Å². The number of fused-ring (bicyclic) bond motifs is 1. The first-order valence-electron chi connectivity index (χ1n) is 9.82. The molecule has 14 heteroatoms. The number of carbonyl (C=O) groups is 1. The van der Waals surface area contributed by atoms with E-state index in [4.69, 9.17) is 16.6 Å². The maximum Gasteiger partial charge on any atom is 0.260 e. The normalized spacial score (nSPS) is 15.1. The van der Waals surface area contributed by atoms with E-state index in [0.29, 0.717) is 5.70 Å². The summed E-state index contributed by atoms with van der Waals surface area (Å²) in [6, 6.07) is 7.42. The Morgan fingerprint density at radius 1 is 1.12 bits per heavy atom. The number of sulfonamides is 2. The highest BCUT2D eigenvalue weighted by molar-refractivity contribution is 8.03. The molecule has 0 saturated carbocycles. The van der Waals surface area contributed by atoms with Crippen molar-refractivity contribution in [3.05, 3.63) is 54.0 Å². The van der Waals surface area contributed by atoms with Crippen LogP contribution in [0.2, 0.25) is 0 Å². The van der Waals surface area contributed by atoms with Crippen molar-refractivity contribution in [2.45, 2.75) is 13.3 Å². The molecule has 182 valence electrons. The third-order valence-electron chi connectivity index (χ3n) is 4.35. The Bertz CT molecular complexity index is 1410. The molecular formula is C20H23N5O6S3. The highest BCUT2D eigenvalue weighted by atomic mass is 32.3. The number of nitrogens with zero attached hydrogens (tertiary/aromatic N) is 2. The van der Waals surface area contributed by atoms with Gasteiger partial charge in [0.05, 0.1) is 24.8 Å². The lowest BCUT2D eigenvalue weighted by Gasteiger charge is -2.16. The lowest BCUT2D eigenvalue weighted by Crippen LogP contribution is -2.38. The Balaban J connectivity index is 1.51. The van der Waals surface area contributed by atoms with Gasteiger partial charge in [-0.25, -0.2) is 16.8 Å². The number of benzene rings is 1. The molecule has 3 N–H and O–H groups in total. The number of hydrogen-bond donors (Lipinski definition) is 3. The number of hydrazone groups is 1. The number of furan rings is 1. The molecule has 1 amide bonds.